The van der Waals surface area contributed by atoms with E-state index in [1.165, 1.54) is 32.9 Å². The van der Waals surface area contributed by atoms with Gasteiger partial charge < -0.3 is 14.5 Å². The molecule has 0 spiro atoms. The molecule has 1 aliphatic heterocycles. The van der Waals surface area contributed by atoms with Crippen molar-refractivity contribution in [2.45, 2.75) is 57.5 Å². The lowest BCUT2D eigenvalue weighted by molar-refractivity contribution is 0.0165. The SMILES string of the molecule is [2H]c1nc(N(C([2H])([2H])[2H])C2([2H])C([2H])([2H])N(C(=O)OC(C)(C)C)CCC2([2H])C([2H])([2H])[2H])c2ccn(S(=O)(=O)c3ccc(C)cc3)c2n1. The van der Waals surface area contributed by atoms with Crippen LogP contribution < -0.4 is 4.90 Å². The van der Waals surface area contributed by atoms with E-state index >= 15 is 0 Å². The van der Waals surface area contributed by atoms with E-state index < -0.39 is 90.1 Å². The first-order valence-electron chi connectivity index (χ1n) is 16.2. The fraction of sp³-hybridized carbons (Fsp3) is 0.480. The molecule has 0 N–H and O–H groups in total. The van der Waals surface area contributed by atoms with Gasteiger partial charge in [0.25, 0.3) is 10.0 Å². The molecule has 0 saturated carbocycles. The molecule has 1 aromatic carbocycles. The number of aryl methyl sites for hydroxylation is 1. The van der Waals surface area contributed by atoms with E-state index in [1.807, 2.05) is 0 Å². The number of likely N-dealkylation sites (N-methyl/N-ethyl adjacent to an activating group) is 1. The number of fused-ring (bicyclic) bond motifs is 1. The van der Waals surface area contributed by atoms with Crippen LogP contribution in [0.3, 0.4) is 0 Å². The predicted molar refractivity (Wildman–Crippen MR) is 135 cm³/mol. The third-order valence-corrected chi connectivity index (χ3v) is 6.80. The van der Waals surface area contributed by atoms with Crippen molar-refractivity contribution in [1.82, 2.24) is 18.8 Å². The summed E-state index contributed by atoms with van der Waals surface area (Å²) in [5, 5.41) is -0.410. The summed E-state index contributed by atoms with van der Waals surface area (Å²) in [5.41, 5.74) is -0.941. The zero-order chi connectivity index (χ0) is 35.1. The second kappa shape index (κ2) is 9.14. The molecule has 1 saturated heterocycles. The van der Waals surface area contributed by atoms with E-state index in [-0.39, 0.29) is 9.80 Å². The van der Waals surface area contributed by atoms with Crippen molar-refractivity contribution in [2.24, 2.45) is 5.89 Å². The molecule has 4 rings (SSSR count). The summed E-state index contributed by atoms with van der Waals surface area (Å²) in [6.07, 6.45) is -2.20. The number of anilines is 1. The van der Waals surface area contributed by atoms with Crippen molar-refractivity contribution in [2.75, 3.05) is 24.9 Å². The fourth-order valence-electron chi connectivity index (χ4n) is 3.40. The van der Waals surface area contributed by atoms with Crippen molar-refractivity contribution >= 4 is 33.0 Å². The van der Waals surface area contributed by atoms with Gasteiger partial charge in [0.15, 0.2) is 5.65 Å². The lowest BCUT2D eigenvalue weighted by Crippen LogP contribution is -2.53. The first-order valence-corrected chi connectivity index (χ1v) is 12.1. The Morgan fingerprint density at radius 3 is 2.69 bits per heavy atom. The summed E-state index contributed by atoms with van der Waals surface area (Å²) in [5.74, 6) is -4.16. The summed E-state index contributed by atoms with van der Waals surface area (Å²) in [6.45, 7) is -5.29. The lowest BCUT2D eigenvalue weighted by atomic mass is 9.92. The molecule has 10 heteroatoms. The second-order valence-electron chi connectivity index (χ2n) is 8.97. The number of piperidine rings is 1. The number of likely N-dealkylation sites (tertiary alicyclic amines) is 1. The van der Waals surface area contributed by atoms with Crippen molar-refractivity contribution in [1.29, 1.82) is 0 Å². The van der Waals surface area contributed by atoms with Crippen LogP contribution in [0.15, 0.2) is 47.7 Å². The standard InChI is InChI=1S/C25H33N5O4S/c1-17-7-9-19(10-8-17)35(32,33)30-14-12-20-22(26-16-27-23(20)30)28(6)21-15-29(13-11-18(21)2)24(31)34-25(3,4)5/h7-10,12,14,16,18,21H,11,13,15H2,1-6H3/i2D3,6D3,15D2,16D,18D,21D. The zero-order valence-electron chi connectivity index (χ0n) is 30.7. The Morgan fingerprint density at radius 2 is 2.03 bits per heavy atom. The van der Waals surface area contributed by atoms with Crippen LogP contribution in [0.4, 0.5) is 10.6 Å². The van der Waals surface area contributed by atoms with Crippen LogP contribution in [0.1, 0.15) is 54.7 Å². The van der Waals surface area contributed by atoms with Gasteiger partial charge in [0, 0.05) is 35.8 Å². The van der Waals surface area contributed by atoms with Crippen LogP contribution in [-0.2, 0) is 14.8 Å². The first kappa shape index (κ1) is 14.4. The summed E-state index contributed by atoms with van der Waals surface area (Å²) in [4.78, 5) is 21.1. The third-order valence-electron chi connectivity index (χ3n) is 5.12. The number of rotatable bonds is 4. The van der Waals surface area contributed by atoms with Crippen LogP contribution >= 0.6 is 0 Å². The van der Waals surface area contributed by atoms with E-state index in [0.29, 0.717) is 8.87 Å². The Kier molecular flexibility index (Phi) is 3.77. The monoisotopic (exact) mass is 510 g/mol. The fourth-order valence-corrected chi connectivity index (χ4v) is 4.69. The van der Waals surface area contributed by atoms with Crippen LogP contribution in [0, 0.1) is 12.8 Å². The maximum Gasteiger partial charge on any atom is 0.410 e. The number of aromatic nitrogens is 3. The number of carbonyl (C=O) groups is 1. The van der Waals surface area contributed by atoms with Gasteiger partial charge in [-0.2, -0.15) is 0 Å². The van der Waals surface area contributed by atoms with Gasteiger partial charge in [0.1, 0.15) is 19.1 Å². The van der Waals surface area contributed by atoms with Crippen LogP contribution in [0.5, 0.6) is 0 Å². The molecule has 35 heavy (non-hydrogen) atoms. The maximum atomic E-state index is 13.6. The van der Waals surface area contributed by atoms with Crippen molar-refractivity contribution in [3.05, 3.63) is 48.4 Å². The highest BCUT2D eigenvalue weighted by Crippen LogP contribution is 2.31. The molecule has 2 atom stereocenters. The van der Waals surface area contributed by atoms with Gasteiger partial charge in [-0.1, -0.05) is 24.5 Å². The van der Waals surface area contributed by atoms with Gasteiger partial charge in [-0.25, -0.2) is 27.2 Å². The Labute approximate surface area is 222 Å². The summed E-state index contributed by atoms with van der Waals surface area (Å²) >= 11 is 0. The van der Waals surface area contributed by atoms with Gasteiger partial charge >= 0.3 is 6.09 Å². The van der Waals surface area contributed by atoms with E-state index in [9.17, 15) is 14.6 Å². The topological polar surface area (TPSA) is 97.6 Å². The highest BCUT2D eigenvalue weighted by Gasteiger charge is 2.35. The summed E-state index contributed by atoms with van der Waals surface area (Å²) in [6, 6.07) is 3.07. The molecule has 3 aromatic rings. The molecule has 0 aliphatic carbocycles. The Morgan fingerprint density at radius 1 is 1.29 bits per heavy atom. The Bertz CT molecular complexity index is 1770. The zero-order valence-corrected chi connectivity index (χ0v) is 20.5. The Balaban J connectivity index is 2.07. The lowest BCUT2D eigenvalue weighted by Gasteiger charge is -2.42. The van der Waals surface area contributed by atoms with Gasteiger partial charge in [0.05, 0.1) is 20.4 Å². The molecule has 1 amide bonds. The number of amides is 1. The molecular formula is C25H33N5O4S. The smallest absolute Gasteiger partial charge is 0.410 e. The van der Waals surface area contributed by atoms with Crippen molar-refractivity contribution in [3.63, 3.8) is 0 Å². The molecule has 0 radical (unpaired) electrons. The molecule has 9 nitrogen and oxygen atoms in total. The van der Waals surface area contributed by atoms with Crippen LogP contribution in [-0.4, -0.2) is 65.0 Å². The molecule has 1 aliphatic rings. The average Bonchev–Trinajstić information content (AvgIpc) is 3.30. The Hall–Kier alpha value is -3.14. The minimum atomic E-state index is -4.41. The number of ether oxygens (including phenoxy) is 1. The normalized spacial score (nSPS) is 30.1. The quantitative estimate of drug-likeness (QED) is 0.522. The molecule has 2 unspecified atom stereocenters. The number of carbonyl (C=O) groups excluding carboxylic acids is 1. The summed E-state index contributed by atoms with van der Waals surface area (Å²) in [7, 11) is -4.41. The first-order chi connectivity index (χ1) is 20.7. The molecule has 3 heterocycles. The average molecular weight is 511 g/mol. The molecule has 2 aromatic heterocycles. The van der Waals surface area contributed by atoms with Crippen LogP contribution in [0.2, 0.25) is 0 Å². The van der Waals surface area contributed by atoms with E-state index in [2.05, 4.69) is 9.97 Å². The third kappa shape index (κ3) is 4.98. The van der Waals surface area contributed by atoms with Gasteiger partial charge in [-0.05, 0) is 58.2 Å². The molecule has 0 bridgehead atoms. The number of benzene rings is 1. The highest BCUT2D eigenvalue weighted by molar-refractivity contribution is 7.90. The van der Waals surface area contributed by atoms with E-state index in [4.69, 9.17) is 18.4 Å². The van der Waals surface area contributed by atoms with Gasteiger partial charge in [-0.3, -0.25) is 0 Å². The molecule has 1 fully saturated rings. The van der Waals surface area contributed by atoms with Crippen LogP contribution in [0.25, 0.3) is 11.0 Å². The van der Waals surface area contributed by atoms with Crippen molar-refractivity contribution < 1.29 is 33.0 Å². The minimum absolute atomic E-state index is 0.0409. The summed E-state index contributed by atoms with van der Waals surface area (Å²) < 4.78 is 128. The van der Waals surface area contributed by atoms with E-state index in [0.717, 1.165) is 17.8 Å². The maximum absolute atomic E-state index is 13.6. The number of hydrogen-bond acceptors (Lipinski definition) is 7. The highest BCUT2D eigenvalue weighted by atomic mass is 32.2. The van der Waals surface area contributed by atoms with Crippen molar-refractivity contribution in [3.8, 4) is 0 Å². The van der Waals surface area contributed by atoms with E-state index in [1.54, 1.807) is 19.1 Å². The minimum Gasteiger partial charge on any atom is -0.444 e. The largest absolute Gasteiger partial charge is 0.444 e. The predicted octanol–water partition coefficient (Wildman–Crippen LogP) is 4.06. The molecular weight excluding hydrogens is 466 g/mol. The second-order valence-corrected chi connectivity index (χ2v) is 10.8. The number of hydrogen-bond donors (Lipinski definition) is 0. The van der Waals surface area contributed by atoms with Gasteiger partial charge in [0.2, 0.25) is 0 Å². The van der Waals surface area contributed by atoms with Gasteiger partial charge in [-0.15, -0.1) is 0 Å². The molecule has 188 valence electrons. The number of nitrogens with zero attached hydrogens (tertiary/aromatic N) is 5.